The van der Waals surface area contributed by atoms with Crippen LogP contribution in [-0.4, -0.2) is 23.2 Å². The fourth-order valence-electron chi connectivity index (χ4n) is 2.37. The van der Waals surface area contributed by atoms with Crippen LogP contribution in [0.2, 0.25) is 0 Å². The van der Waals surface area contributed by atoms with E-state index < -0.39 is 5.91 Å². The number of amides is 1. The van der Waals surface area contributed by atoms with Crippen molar-refractivity contribution >= 4 is 28.5 Å². The van der Waals surface area contributed by atoms with Crippen LogP contribution in [0.25, 0.3) is 6.08 Å². The minimum Gasteiger partial charge on any atom is -0.497 e. The van der Waals surface area contributed by atoms with E-state index in [0.29, 0.717) is 22.2 Å². The Hall–Kier alpha value is -3.70. The van der Waals surface area contributed by atoms with Crippen LogP contribution in [0.1, 0.15) is 17.5 Å². The Labute approximate surface area is 172 Å². The molecular weight excluding hydrogens is 388 g/mol. The molecule has 0 spiro atoms. The summed E-state index contributed by atoms with van der Waals surface area (Å²) >= 11 is 1.28. The van der Waals surface area contributed by atoms with E-state index in [0.717, 1.165) is 17.2 Å². The molecule has 1 amide bonds. The Bertz CT molecular complexity index is 1070. The Morgan fingerprint density at radius 2 is 1.93 bits per heavy atom. The third-order valence-corrected chi connectivity index (χ3v) is 4.80. The predicted octanol–water partition coefficient (Wildman–Crippen LogP) is 4.45. The van der Waals surface area contributed by atoms with E-state index in [1.165, 1.54) is 17.4 Å². The Morgan fingerprint density at radius 3 is 2.59 bits per heavy atom. The van der Waals surface area contributed by atoms with Gasteiger partial charge in [-0.1, -0.05) is 30.4 Å². The van der Waals surface area contributed by atoms with Crippen molar-refractivity contribution in [3.63, 3.8) is 0 Å². The first-order chi connectivity index (χ1) is 14.1. The lowest BCUT2D eigenvalue weighted by Crippen LogP contribution is -2.13. The number of methoxy groups -OCH3 is 1. The molecule has 29 heavy (non-hydrogen) atoms. The molecule has 0 saturated heterocycles. The van der Waals surface area contributed by atoms with Gasteiger partial charge in [0.15, 0.2) is 0 Å². The van der Waals surface area contributed by atoms with Crippen LogP contribution in [-0.2, 0) is 11.2 Å². The molecule has 0 saturated carbocycles. The molecule has 8 heteroatoms. The van der Waals surface area contributed by atoms with E-state index in [1.807, 2.05) is 13.0 Å². The summed E-state index contributed by atoms with van der Waals surface area (Å²) < 4.78 is 10.9. The summed E-state index contributed by atoms with van der Waals surface area (Å²) in [4.78, 5) is 12.4. The van der Waals surface area contributed by atoms with Crippen LogP contribution in [0.5, 0.6) is 17.2 Å². The summed E-state index contributed by atoms with van der Waals surface area (Å²) in [5.74, 6) is 1.43. The molecule has 0 aliphatic rings. The summed E-state index contributed by atoms with van der Waals surface area (Å²) in [5, 5.41) is 21.0. The van der Waals surface area contributed by atoms with E-state index in [-0.39, 0.29) is 5.57 Å². The number of carbonyl (C=O) groups excluding carboxylic acids is 1. The van der Waals surface area contributed by atoms with Gasteiger partial charge in [-0.3, -0.25) is 10.1 Å². The maximum atomic E-state index is 12.4. The van der Waals surface area contributed by atoms with Crippen molar-refractivity contribution in [1.29, 1.82) is 5.26 Å². The zero-order valence-corrected chi connectivity index (χ0v) is 16.7. The summed E-state index contributed by atoms with van der Waals surface area (Å²) in [6.45, 7) is 1.95. The Balaban J connectivity index is 1.74. The van der Waals surface area contributed by atoms with Crippen LogP contribution in [0.4, 0.5) is 5.13 Å². The predicted molar refractivity (Wildman–Crippen MR) is 111 cm³/mol. The van der Waals surface area contributed by atoms with Gasteiger partial charge in [0.1, 0.15) is 33.9 Å². The largest absolute Gasteiger partial charge is 0.497 e. The number of hydrogen-bond donors (Lipinski definition) is 1. The molecule has 3 rings (SSSR count). The van der Waals surface area contributed by atoms with Crippen LogP contribution < -0.4 is 14.8 Å². The maximum Gasteiger partial charge on any atom is 0.268 e. The molecule has 1 aromatic heterocycles. The number of aryl methyl sites for hydroxylation is 1. The van der Waals surface area contributed by atoms with E-state index in [4.69, 9.17) is 9.47 Å². The fourth-order valence-corrected chi connectivity index (χ4v) is 3.05. The molecule has 0 bridgehead atoms. The number of anilines is 1. The minimum absolute atomic E-state index is 0.0418. The van der Waals surface area contributed by atoms with Crippen LogP contribution >= 0.6 is 11.3 Å². The second kappa shape index (κ2) is 9.48. The Kier molecular flexibility index (Phi) is 6.55. The molecule has 7 nitrogen and oxygen atoms in total. The number of aromatic nitrogens is 2. The van der Waals surface area contributed by atoms with Gasteiger partial charge in [-0.05, 0) is 54.5 Å². The van der Waals surface area contributed by atoms with Gasteiger partial charge < -0.3 is 9.47 Å². The van der Waals surface area contributed by atoms with Crippen molar-refractivity contribution in [1.82, 2.24) is 10.2 Å². The van der Waals surface area contributed by atoms with E-state index in [9.17, 15) is 10.1 Å². The van der Waals surface area contributed by atoms with Crippen molar-refractivity contribution in [2.24, 2.45) is 0 Å². The highest BCUT2D eigenvalue weighted by Gasteiger charge is 2.12. The minimum atomic E-state index is -0.534. The third kappa shape index (κ3) is 5.40. The summed E-state index contributed by atoms with van der Waals surface area (Å²) in [7, 11) is 1.60. The number of rotatable bonds is 7. The Morgan fingerprint density at radius 1 is 1.17 bits per heavy atom. The molecule has 1 N–H and O–H groups in total. The van der Waals surface area contributed by atoms with Crippen molar-refractivity contribution in [3.05, 3.63) is 64.7 Å². The van der Waals surface area contributed by atoms with Gasteiger partial charge in [-0.15, -0.1) is 10.2 Å². The number of benzene rings is 2. The number of nitriles is 1. The lowest BCUT2D eigenvalue weighted by molar-refractivity contribution is -0.112. The lowest BCUT2D eigenvalue weighted by atomic mass is 10.1. The molecule has 0 atom stereocenters. The van der Waals surface area contributed by atoms with Gasteiger partial charge in [0.05, 0.1) is 7.11 Å². The first kappa shape index (κ1) is 20.0. The van der Waals surface area contributed by atoms with Gasteiger partial charge in [-0.2, -0.15) is 5.26 Å². The average Bonchev–Trinajstić information content (AvgIpc) is 3.20. The highest BCUT2D eigenvalue weighted by molar-refractivity contribution is 7.15. The first-order valence-electron chi connectivity index (χ1n) is 8.78. The highest BCUT2D eigenvalue weighted by Crippen LogP contribution is 2.25. The van der Waals surface area contributed by atoms with E-state index in [1.54, 1.807) is 55.6 Å². The second-order valence-electron chi connectivity index (χ2n) is 5.83. The zero-order chi connectivity index (χ0) is 20.6. The molecule has 3 aromatic rings. The number of nitrogens with zero attached hydrogens (tertiary/aromatic N) is 3. The standard InChI is InChI=1S/C21H18N4O3S/c1-3-19-24-25-21(29-19)23-20(26)15(13-22)11-14-5-4-6-18(12-14)28-17-9-7-16(27-2)8-10-17/h4-12H,3H2,1-2H3,(H,23,25,26). The average molecular weight is 406 g/mol. The molecule has 0 radical (unpaired) electrons. The number of ether oxygens (including phenoxy) is 2. The summed E-state index contributed by atoms with van der Waals surface area (Å²) in [6, 6.07) is 16.2. The van der Waals surface area contributed by atoms with Crippen molar-refractivity contribution < 1.29 is 14.3 Å². The number of nitrogens with one attached hydrogen (secondary N) is 1. The van der Waals surface area contributed by atoms with Gasteiger partial charge >= 0.3 is 0 Å². The van der Waals surface area contributed by atoms with Crippen LogP contribution in [0, 0.1) is 11.3 Å². The molecule has 0 aliphatic heterocycles. The van der Waals surface area contributed by atoms with Crippen molar-refractivity contribution in [2.45, 2.75) is 13.3 Å². The number of carbonyl (C=O) groups is 1. The molecule has 0 unspecified atom stereocenters. The molecule has 1 heterocycles. The first-order valence-corrected chi connectivity index (χ1v) is 9.60. The van der Waals surface area contributed by atoms with Crippen molar-refractivity contribution in [3.8, 4) is 23.3 Å². The van der Waals surface area contributed by atoms with E-state index >= 15 is 0 Å². The smallest absolute Gasteiger partial charge is 0.268 e. The molecular formula is C21H18N4O3S. The third-order valence-electron chi connectivity index (χ3n) is 3.82. The van der Waals surface area contributed by atoms with Crippen molar-refractivity contribution in [2.75, 3.05) is 12.4 Å². The van der Waals surface area contributed by atoms with Gasteiger partial charge in [0.25, 0.3) is 5.91 Å². The molecule has 0 aliphatic carbocycles. The molecule has 2 aromatic carbocycles. The normalized spacial score (nSPS) is 10.9. The SMILES string of the molecule is CCc1nnc(NC(=O)C(C#N)=Cc2cccc(Oc3ccc(OC)cc3)c2)s1. The zero-order valence-electron chi connectivity index (χ0n) is 15.9. The maximum absolute atomic E-state index is 12.4. The molecule has 0 fully saturated rings. The molecule has 146 valence electrons. The van der Waals surface area contributed by atoms with Crippen LogP contribution in [0.15, 0.2) is 54.1 Å². The van der Waals surface area contributed by atoms with Gasteiger partial charge in [0, 0.05) is 0 Å². The summed E-state index contributed by atoms with van der Waals surface area (Å²) in [5.41, 5.74) is 0.620. The van der Waals surface area contributed by atoms with E-state index in [2.05, 4.69) is 15.5 Å². The fraction of sp³-hybridized carbons (Fsp3) is 0.143. The van der Waals surface area contributed by atoms with Crippen LogP contribution in [0.3, 0.4) is 0 Å². The lowest BCUT2D eigenvalue weighted by Gasteiger charge is -2.07. The monoisotopic (exact) mass is 406 g/mol. The van der Waals surface area contributed by atoms with Gasteiger partial charge in [0.2, 0.25) is 5.13 Å². The topological polar surface area (TPSA) is 97.1 Å². The van der Waals surface area contributed by atoms with Gasteiger partial charge in [-0.25, -0.2) is 0 Å². The number of hydrogen-bond acceptors (Lipinski definition) is 7. The highest BCUT2D eigenvalue weighted by atomic mass is 32.1. The second-order valence-corrected chi connectivity index (χ2v) is 6.89. The summed E-state index contributed by atoms with van der Waals surface area (Å²) in [6.07, 6.45) is 2.23. The quantitative estimate of drug-likeness (QED) is 0.460.